The molecule has 0 aliphatic rings. The lowest BCUT2D eigenvalue weighted by molar-refractivity contribution is -0.137. The van der Waals surface area contributed by atoms with Crippen LogP contribution in [0.4, 0.5) is 13.2 Å². The quantitative estimate of drug-likeness (QED) is 0.600. The lowest BCUT2D eigenvalue weighted by atomic mass is 10.2. The van der Waals surface area contributed by atoms with Gasteiger partial charge in [-0.15, -0.1) is 11.8 Å². The standard InChI is InChI=1S/C17H13ClF3N3OS/c1-2-26-14-4-3-12(18)5-10(14)8-24-9-23-15-13(16(24)25)6-11(7-22-15)17(19,20)21/h3-7,9H,2,8H2,1H3. The number of aromatic nitrogens is 3. The highest BCUT2D eigenvalue weighted by Gasteiger charge is 2.31. The van der Waals surface area contributed by atoms with Gasteiger partial charge in [0.15, 0.2) is 5.65 Å². The first-order valence-corrected chi connectivity index (χ1v) is 8.99. The van der Waals surface area contributed by atoms with Gasteiger partial charge in [-0.25, -0.2) is 9.97 Å². The molecule has 2 aromatic heterocycles. The summed E-state index contributed by atoms with van der Waals surface area (Å²) < 4.78 is 39.9. The van der Waals surface area contributed by atoms with E-state index in [-0.39, 0.29) is 17.6 Å². The molecule has 0 saturated carbocycles. The molecule has 0 amide bonds. The van der Waals surface area contributed by atoms with Crippen molar-refractivity contribution in [1.82, 2.24) is 14.5 Å². The highest BCUT2D eigenvalue weighted by molar-refractivity contribution is 7.99. The summed E-state index contributed by atoms with van der Waals surface area (Å²) in [5, 5.41) is 0.345. The summed E-state index contributed by atoms with van der Waals surface area (Å²) in [7, 11) is 0. The van der Waals surface area contributed by atoms with E-state index in [4.69, 9.17) is 11.6 Å². The van der Waals surface area contributed by atoms with E-state index < -0.39 is 17.3 Å². The molecule has 9 heteroatoms. The number of hydrogen-bond donors (Lipinski definition) is 0. The highest BCUT2D eigenvalue weighted by Crippen LogP contribution is 2.29. The van der Waals surface area contributed by atoms with Gasteiger partial charge in [0.2, 0.25) is 0 Å². The molecular weight excluding hydrogens is 387 g/mol. The van der Waals surface area contributed by atoms with Gasteiger partial charge in [0, 0.05) is 16.1 Å². The number of halogens is 4. The van der Waals surface area contributed by atoms with Crippen molar-refractivity contribution in [2.45, 2.75) is 24.5 Å². The fourth-order valence-electron chi connectivity index (χ4n) is 2.47. The van der Waals surface area contributed by atoms with E-state index in [1.807, 2.05) is 13.0 Å². The van der Waals surface area contributed by atoms with E-state index in [0.29, 0.717) is 11.2 Å². The zero-order valence-electron chi connectivity index (χ0n) is 13.5. The molecule has 3 rings (SSSR count). The van der Waals surface area contributed by atoms with Crippen molar-refractivity contribution in [3.8, 4) is 0 Å². The summed E-state index contributed by atoms with van der Waals surface area (Å²) in [6.07, 6.45) is -2.62. The number of rotatable bonds is 4. The van der Waals surface area contributed by atoms with Crippen LogP contribution in [-0.2, 0) is 12.7 Å². The number of alkyl halides is 3. The van der Waals surface area contributed by atoms with Gasteiger partial charge in [0.05, 0.1) is 17.5 Å². The predicted octanol–water partition coefficient (Wildman–Crippen LogP) is 4.62. The molecule has 136 valence electrons. The molecule has 0 aliphatic carbocycles. The molecule has 1 aromatic carbocycles. The Balaban J connectivity index is 2.08. The average Bonchev–Trinajstić information content (AvgIpc) is 2.59. The minimum atomic E-state index is -4.58. The van der Waals surface area contributed by atoms with E-state index in [2.05, 4.69) is 9.97 Å². The molecule has 3 aromatic rings. The SMILES string of the molecule is CCSc1ccc(Cl)cc1Cn1cnc2ncc(C(F)(F)F)cc2c1=O. The van der Waals surface area contributed by atoms with Crippen LogP contribution in [-0.4, -0.2) is 20.3 Å². The Hall–Kier alpha value is -2.06. The van der Waals surface area contributed by atoms with Crippen LogP contribution in [0.15, 0.2) is 46.5 Å². The monoisotopic (exact) mass is 399 g/mol. The van der Waals surface area contributed by atoms with Crippen molar-refractivity contribution in [3.05, 3.63) is 63.3 Å². The van der Waals surface area contributed by atoms with Gasteiger partial charge in [-0.05, 0) is 35.6 Å². The van der Waals surface area contributed by atoms with Crippen LogP contribution in [0.5, 0.6) is 0 Å². The summed E-state index contributed by atoms with van der Waals surface area (Å²) in [6, 6.07) is 6.13. The number of hydrogen-bond acceptors (Lipinski definition) is 4. The van der Waals surface area contributed by atoms with E-state index in [9.17, 15) is 18.0 Å². The number of pyridine rings is 1. The Bertz CT molecular complexity index is 1020. The Kier molecular flexibility index (Phi) is 5.24. The molecule has 0 radical (unpaired) electrons. The molecule has 0 fully saturated rings. The van der Waals surface area contributed by atoms with E-state index in [1.165, 1.54) is 10.9 Å². The van der Waals surface area contributed by atoms with Gasteiger partial charge >= 0.3 is 6.18 Å². The van der Waals surface area contributed by atoms with Crippen LogP contribution in [0.2, 0.25) is 5.02 Å². The second-order valence-corrected chi connectivity index (χ2v) is 7.20. The van der Waals surface area contributed by atoms with Crippen LogP contribution in [0.25, 0.3) is 11.0 Å². The number of thioether (sulfide) groups is 1. The third kappa shape index (κ3) is 3.86. The molecule has 0 unspecified atom stereocenters. The molecule has 0 bridgehead atoms. The van der Waals surface area contributed by atoms with E-state index >= 15 is 0 Å². The Morgan fingerprint density at radius 1 is 1.23 bits per heavy atom. The summed E-state index contributed by atoms with van der Waals surface area (Å²) in [6.45, 7) is 2.15. The Morgan fingerprint density at radius 3 is 2.69 bits per heavy atom. The minimum Gasteiger partial charge on any atom is -0.294 e. The van der Waals surface area contributed by atoms with Gasteiger partial charge in [-0.3, -0.25) is 9.36 Å². The van der Waals surface area contributed by atoms with Crippen molar-refractivity contribution < 1.29 is 13.2 Å². The number of nitrogens with zero attached hydrogens (tertiary/aromatic N) is 3. The van der Waals surface area contributed by atoms with Crippen molar-refractivity contribution in [2.24, 2.45) is 0 Å². The molecule has 0 N–H and O–H groups in total. The normalized spacial score (nSPS) is 11.9. The van der Waals surface area contributed by atoms with Gasteiger partial charge in [-0.2, -0.15) is 13.2 Å². The molecule has 0 spiro atoms. The zero-order chi connectivity index (χ0) is 18.9. The maximum Gasteiger partial charge on any atom is 0.417 e. The lowest BCUT2D eigenvalue weighted by Crippen LogP contribution is -2.22. The third-order valence-corrected chi connectivity index (χ3v) is 4.90. The Morgan fingerprint density at radius 2 is 2.00 bits per heavy atom. The van der Waals surface area contributed by atoms with Crippen molar-refractivity contribution >= 4 is 34.4 Å². The van der Waals surface area contributed by atoms with Crippen LogP contribution < -0.4 is 5.56 Å². The van der Waals surface area contributed by atoms with E-state index in [1.54, 1.807) is 23.9 Å². The van der Waals surface area contributed by atoms with Crippen LogP contribution in [0.3, 0.4) is 0 Å². The van der Waals surface area contributed by atoms with Gasteiger partial charge in [0.1, 0.15) is 6.33 Å². The zero-order valence-corrected chi connectivity index (χ0v) is 15.1. The highest BCUT2D eigenvalue weighted by atomic mass is 35.5. The number of fused-ring (bicyclic) bond motifs is 1. The van der Waals surface area contributed by atoms with Gasteiger partial charge in [0.25, 0.3) is 5.56 Å². The molecule has 26 heavy (non-hydrogen) atoms. The van der Waals surface area contributed by atoms with Crippen molar-refractivity contribution in [2.75, 3.05) is 5.75 Å². The first-order chi connectivity index (χ1) is 12.3. The van der Waals surface area contributed by atoms with Crippen LogP contribution in [0, 0.1) is 0 Å². The summed E-state index contributed by atoms with van der Waals surface area (Å²) in [5.41, 5.74) is -0.784. The molecule has 0 saturated heterocycles. The first-order valence-electron chi connectivity index (χ1n) is 7.63. The second kappa shape index (κ2) is 7.28. The van der Waals surface area contributed by atoms with Crippen LogP contribution >= 0.6 is 23.4 Å². The topological polar surface area (TPSA) is 47.8 Å². The molecule has 4 nitrogen and oxygen atoms in total. The number of benzene rings is 1. The second-order valence-electron chi connectivity index (χ2n) is 5.46. The van der Waals surface area contributed by atoms with E-state index in [0.717, 1.165) is 22.3 Å². The largest absolute Gasteiger partial charge is 0.417 e. The molecule has 2 heterocycles. The predicted molar refractivity (Wildman–Crippen MR) is 95.8 cm³/mol. The summed E-state index contributed by atoms with van der Waals surface area (Å²) in [4.78, 5) is 21.2. The average molecular weight is 400 g/mol. The maximum absolute atomic E-state index is 12.9. The smallest absolute Gasteiger partial charge is 0.294 e. The van der Waals surface area contributed by atoms with Gasteiger partial charge < -0.3 is 0 Å². The fraction of sp³-hybridized carbons (Fsp3) is 0.235. The van der Waals surface area contributed by atoms with Crippen molar-refractivity contribution in [1.29, 1.82) is 0 Å². The summed E-state index contributed by atoms with van der Waals surface area (Å²) >= 11 is 7.63. The van der Waals surface area contributed by atoms with Crippen LogP contribution in [0.1, 0.15) is 18.1 Å². The van der Waals surface area contributed by atoms with Gasteiger partial charge in [-0.1, -0.05) is 18.5 Å². The molecule has 0 atom stereocenters. The Labute approximate surface area is 156 Å². The first kappa shape index (κ1) is 18.7. The maximum atomic E-state index is 12.9. The fourth-order valence-corrected chi connectivity index (χ4v) is 3.45. The molecule has 0 aliphatic heterocycles. The summed E-state index contributed by atoms with van der Waals surface area (Å²) in [5.74, 6) is 0.832. The van der Waals surface area contributed by atoms with Crippen molar-refractivity contribution in [3.63, 3.8) is 0 Å². The minimum absolute atomic E-state index is 0.0199. The molecular formula is C17H13ClF3N3OS. The lowest BCUT2D eigenvalue weighted by Gasteiger charge is -2.12. The third-order valence-electron chi connectivity index (χ3n) is 3.67.